The van der Waals surface area contributed by atoms with Gasteiger partial charge in [-0.3, -0.25) is 4.40 Å². The highest BCUT2D eigenvalue weighted by Gasteiger charge is 2.17. The molecule has 2 heterocycles. The van der Waals surface area contributed by atoms with Crippen LogP contribution in [0.3, 0.4) is 0 Å². The summed E-state index contributed by atoms with van der Waals surface area (Å²) in [6.45, 7) is 0.275. The van der Waals surface area contributed by atoms with E-state index in [1.165, 1.54) is 17.4 Å². The second kappa shape index (κ2) is 5.72. The fraction of sp³-hybridized carbons (Fsp3) is 0.167. The number of halogens is 1. The van der Waals surface area contributed by atoms with Gasteiger partial charge in [0.2, 0.25) is 15.0 Å². The van der Waals surface area contributed by atoms with Crippen molar-refractivity contribution >= 4 is 37.9 Å². The maximum Gasteiger partial charge on any atom is 0.242 e. The van der Waals surface area contributed by atoms with Gasteiger partial charge in [0.15, 0.2) is 0 Å². The number of benzene rings is 1. The van der Waals surface area contributed by atoms with E-state index < -0.39 is 10.0 Å². The second-order valence-electron chi connectivity index (χ2n) is 4.29. The molecule has 0 spiro atoms. The zero-order chi connectivity index (χ0) is 14.9. The minimum atomic E-state index is -3.60. The lowest BCUT2D eigenvalue weighted by molar-refractivity contribution is 0.581. The summed E-state index contributed by atoms with van der Waals surface area (Å²) in [5, 5.41) is 9.88. The molecule has 6 nitrogen and oxygen atoms in total. The van der Waals surface area contributed by atoms with Crippen LogP contribution in [0.4, 0.5) is 0 Å². The molecule has 110 valence electrons. The Hall–Kier alpha value is -1.48. The topological polar surface area (TPSA) is 76.4 Å². The second-order valence-corrected chi connectivity index (χ2v) is 7.27. The molecule has 1 N–H and O–H groups in total. The van der Waals surface area contributed by atoms with Crippen LogP contribution < -0.4 is 4.72 Å². The number of fused-ring (bicyclic) bond motifs is 1. The lowest BCUT2D eigenvalue weighted by Gasteiger charge is -2.07. The molecular weight excluding hydrogens is 332 g/mol. The number of nitrogens with one attached hydrogen (secondary N) is 1. The molecule has 9 heteroatoms. The van der Waals surface area contributed by atoms with E-state index in [2.05, 4.69) is 14.9 Å². The van der Waals surface area contributed by atoms with Crippen molar-refractivity contribution in [2.75, 3.05) is 6.54 Å². The van der Waals surface area contributed by atoms with E-state index in [1.807, 2.05) is 9.78 Å². The van der Waals surface area contributed by atoms with Gasteiger partial charge in [-0.2, -0.15) is 0 Å². The predicted molar refractivity (Wildman–Crippen MR) is 81.2 cm³/mol. The Kier molecular flexibility index (Phi) is 3.94. The van der Waals surface area contributed by atoms with E-state index in [9.17, 15) is 8.42 Å². The van der Waals surface area contributed by atoms with Gasteiger partial charge in [-0.15, -0.1) is 21.5 Å². The molecule has 0 saturated heterocycles. The molecule has 0 aliphatic rings. The summed E-state index contributed by atoms with van der Waals surface area (Å²) in [7, 11) is -3.60. The molecule has 1 aromatic carbocycles. The van der Waals surface area contributed by atoms with Crippen LogP contribution in [0.2, 0.25) is 5.02 Å². The number of sulfonamides is 1. The van der Waals surface area contributed by atoms with Crippen molar-refractivity contribution < 1.29 is 8.42 Å². The monoisotopic (exact) mass is 342 g/mol. The highest BCUT2D eigenvalue weighted by Crippen LogP contribution is 2.20. The predicted octanol–water partition coefficient (Wildman–Crippen LogP) is 1.97. The van der Waals surface area contributed by atoms with E-state index in [1.54, 1.807) is 24.5 Å². The van der Waals surface area contributed by atoms with Gasteiger partial charge in [-0.25, -0.2) is 13.1 Å². The molecule has 21 heavy (non-hydrogen) atoms. The number of hydrogen-bond acceptors (Lipinski definition) is 5. The van der Waals surface area contributed by atoms with Crippen molar-refractivity contribution in [3.8, 4) is 0 Å². The van der Waals surface area contributed by atoms with Gasteiger partial charge in [0.1, 0.15) is 11.2 Å². The molecule has 0 saturated carbocycles. The summed E-state index contributed by atoms with van der Waals surface area (Å²) in [5.74, 6) is 0. The third-order valence-corrected chi connectivity index (χ3v) is 5.77. The summed E-state index contributed by atoms with van der Waals surface area (Å²) in [4.78, 5) is 0.880. The van der Waals surface area contributed by atoms with Gasteiger partial charge in [0.05, 0.1) is 5.02 Å². The first-order valence-electron chi connectivity index (χ1n) is 6.08. The highest BCUT2D eigenvalue weighted by atomic mass is 35.5. The SMILES string of the molecule is O=S(=O)(NCCc1csc2nncn12)c1ccccc1Cl. The summed E-state index contributed by atoms with van der Waals surface area (Å²) >= 11 is 7.38. The quantitative estimate of drug-likeness (QED) is 0.769. The lowest BCUT2D eigenvalue weighted by atomic mass is 10.3. The minimum absolute atomic E-state index is 0.0893. The van der Waals surface area contributed by atoms with Crippen LogP contribution in [0.15, 0.2) is 40.9 Å². The van der Waals surface area contributed by atoms with E-state index in [0.717, 1.165) is 10.7 Å². The summed E-state index contributed by atoms with van der Waals surface area (Å²) in [6, 6.07) is 6.36. The zero-order valence-electron chi connectivity index (χ0n) is 10.7. The van der Waals surface area contributed by atoms with Crippen molar-refractivity contribution in [2.45, 2.75) is 11.3 Å². The molecule has 0 fully saturated rings. The maximum atomic E-state index is 12.2. The maximum absolute atomic E-state index is 12.2. The molecule has 0 atom stereocenters. The normalized spacial score (nSPS) is 12.0. The molecule has 3 rings (SSSR count). The molecule has 0 aliphatic carbocycles. The van der Waals surface area contributed by atoms with Crippen LogP contribution >= 0.6 is 22.9 Å². The van der Waals surface area contributed by atoms with Gasteiger partial charge in [-0.05, 0) is 12.1 Å². The van der Waals surface area contributed by atoms with Gasteiger partial charge in [0.25, 0.3) is 0 Å². The van der Waals surface area contributed by atoms with E-state index in [-0.39, 0.29) is 16.5 Å². The van der Waals surface area contributed by atoms with Gasteiger partial charge >= 0.3 is 0 Å². The summed E-state index contributed by atoms with van der Waals surface area (Å²) < 4.78 is 28.7. The van der Waals surface area contributed by atoms with Crippen LogP contribution in [0.1, 0.15) is 5.69 Å². The summed E-state index contributed by atoms with van der Waals surface area (Å²) in [5.41, 5.74) is 0.960. The molecule has 0 aliphatic heterocycles. The average Bonchev–Trinajstić information content (AvgIpc) is 3.03. The lowest BCUT2D eigenvalue weighted by Crippen LogP contribution is -2.26. The fourth-order valence-corrected chi connectivity index (χ4v) is 4.31. The third kappa shape index (κ3) is 2.93. The van der Waals surface area contributed by atoms with Crippen molar-refractivity contribution in [3.05, 3.63) is 46.7 Å². The summed E-state index contributed by atoms with van der Waals surface area (Å²) in [6.07, 6.45) is 2.16. The first-order valence-corrected chi connectivity index (χ1v) is 8.82. The Morgan fingerprint density at radius 1 is 1.33 bits per heavy atom. The molecule has 0 bridgehead atoms. The molecule has 0 radical (unpaired) electrons. The Labute approximate surface area is 130 Å². The van der Waals surface area contributed by atoms with Crippen molar-refractivity contribution in [2.24, 2.45) is 0 Å². The first kappa shape index (κ1) is 14.5. The van der Waals surface area contributed by atoms with Gasteiger partial charge in [0, 0.05) is 24.0 Å². The van der Waals surface area contributed by atoms with Crippen LogP contribution in [0, 0.1) is 0 Å². The highest BCUT2D eigenvalue weighted by molar-refractivity contribution is 7.89. The fourth-order valence-electron chi connectivity index (χ4n) is 1.91. The Morgan fingerprint density at radius 3 is 2.95 bits per heavy atom. The van der Waals surface area contributed by atoms with Crippen LogP contribution in [-0.2, 0) is 16.4 Å². The van der Waals surface area contributed by atoms with Crippen molar-refractivity contribution in [1.29, 1.82) is 0 Å². The average molecular weight is 343 g/mol. The molecular formula is C12H11ClN4O2S2. The van der Waals surface area contributed by atoms with E-state index >= 15 is 0 Å². The molecule has 0 amide bonds. The van der Waals surface area contributed by atoms with Gasteiger partial charge < -0.3 is 0 Å². The largest absolute Gasteiger partial charge is 0.276 e. The van der Waals surface area contributed by atoms with Crippen LogP contribution in [0.25, 0.3) is 4.96 Å². The first-order chi connectivity index (χ1) is 10.1. The number of aromatic nitrogens is 3. The number of nitrogens with zero attached hydrogens (tertiary/aromatic N) is 3. The molecule has 3 aromatic rings. The standard InChI is InChI=1S/C12H11ClN4O2S2/c13-10-3-1-2-4-11(10)21(18,19)15-6-5-9-7-20-12-16-14-8-17(9)12/h1-4,7-8,15H,5-6H2. The smallest absolute Gasteiger partial charge is 0.242 e. The van der Waals surface area contributed by atoms with Crippen molar-refractivity contribution in [1.82, 2.24) is 19.3 Å². The number of thiazole rings is 1. The van der Waals surface area contributed by atoms with E-state index in [0.29, 0.717) is 6.42 Å². The van der Waals surface area contributed by atoms with E-state index in [4.69, 9.17) is 11.6 Å². The minimum Gasteiger partial charge on any atom is -0.276 e. The zero-order valence-corrected chi connectivity index (χ0v) is 13.1. The Morgan fingerprint density at radius 2 is 2.14 bits per heavy atom. The van der Waals surface area contributed by atoms with Crippen LogP contribution in [0.5, 0.6) is 0 Å². The third-order valence-electron chi connectivity index (χ3n) is 2.93. The van der Waals surface area contributed by atoms with Crippen LogP contribution in [-0.4, -0.2) is 29.6 Å². The Bertz CT molecular complexity index is 872. The van der Waals surface area contributed by atoms with Gasteiger partial charge in [-0.1, -0.05) is 23.7 Å². The van der Waals surface area contributed by atoms with Crippen molar-refractivity contribution in [3.63, 3.8) is 0 Å². The molecule has 0 unspecified atom stereocenters. The number of hydrogen-bond donors (Lipinski definition) is 1. The molecule has 2 aromatic heterocycles. The number of rotatable bonds is 5. The Balaban J connectivity index is 1.70.